The van der Waals surface area contributed by atoms with Crippen molar-refractivity contribution in [2.45, 2.75) is 6.92 Å². The fourth-order valence-electron chi connectivity index (χ4n) is 0.549. The van der Waals surface area contributed by atoms with Crippen molar-refractivity contribution in [2.24, 2.45) is 0 Å². The Morgan fingerprint density at radius 3 is 2.50 bits per heavy atom. The molecule has 10 heavy (non-hydrogen) atoms. The molecule has 0 radical (unpaired) electrons. The van der Waals surface area contributed by atoms with Crippen LogP contribution >= 0.6 is 25.2 Å². The zero-order valence-electron chi connectivity index (χ0n) is 5.70. The molecule has 1 rings (SSSR count). The van der Waals surface area contributed by atoms with Crippen molar-refractivity contribution in [3.63, 3.8) is 0 Å². The van der Waals surface area contributed by atoms with E-state index in [9.17, 15) is 0 Å². The summed E-state index contributed by atoms with van der Waals surface area (Å²) in [4.78, 5) is 0. The molecule has 0 saturated carbocycles. The summed E-state index contributed by atoms with van der Waals surface area (Å²) in [6.45, 7) is 1.96. The van der Waals surface area contributed by atoms with Gasteiger partial charge in [-0.2, -0.15) is 23.8 Å². The standard InChI is InChI=1S/C7H6Cl.BrH.Zn/c1-6-3-2-4-7(8)5-6;;/h2,4-5H,1H3;1H;/q-1;;+2/p-1. The summed E-state index contributed by atoms with van der Waals surface area (Å²) in [7, 11) is 0. The zero-order valence-corrected chi connectivity index (χ0v) is 11.0. The quantitative estimate of drug-likeness (QED) is 0.501. The summed E-state index contributed by atoms with van der Waals surface area (Å²) < 4.78 is 0. The van der Waals surface area contributed by atoms with E-state index < -0.39 is 0 Å². The average molecular weight is 271 g/mol. The van der Waals surface area contributed by atoms with Crippen molar-refractivity contribution in [2.75, 3.05) is 0 Å². The van der Waals surface area contributed by atoms with Gasteiger partial charge in [-0.1, -0.05) is 11.9 Å². The minimum absolute atomic E-state index is 0.779. The molecule has 0 aliphatic rings. The van der Waals surface area contributed by atoms with Gasteiger partial charge in [-0.05, 0) is 0 Å². The van der Waals surface area contributed by atoms with Gasteiger partial charge in [-0.3, -0.25) is 0 Å². The minimum atomic E-state index is 0.779. The summed E-state index contributed by atoms with van der Waals surface area (Å²) in [5, 5.41) is 0.779. The predicted molar refractivity (Wildman–Crippen MR) is 44.0 cm³/mol. The second-order valence-corrected chi connectivity index (χ2v) is 2.13. The molecule has 0 aliphatic heterocycles. The third kappa shape index (κ3) is 4.43. The fourth-order valence-corrected chi connectivity index (χ4v) is 0.776. The molecule has 0 N–H and O–H groups in total. The second-order valence-electron chi connectivity index (χ2n) is 1.69. The molecular formula is C7H6BrClZn. The van der Waals surface area contributed by atoms with Crippen molar-refractivity contribution in [3.05, 3.63) is 34.9 Å². The Hall–Kier alpha value is 0.613. The molecule has 0 aromatic heterocycles. The molecule has 0 amide bonds. The Kier molecular flexibility index (Phi) is 6.72. The van der Waals surface area contributed by atoms with E-state index in [1.165, 1.54) is 16.3 Å². The molecule has 0 fully saturated rings. The second kappa shape index (κ2) is 6.33. The molecule has 3 heteroatoms. The van der Waals surface area contributed by atoms with Crippen LogP contribution in [0, 0.1) is 13.0 Å². The number of hydrogen-bond donors (Lipinski definition) is 0. The Balaban J connectivity index is 0.000000371. The van der Waals surface area contributed by atoms with E-state index in [0.29, 0.717) is 0 Å². The molecule has 0 saturated heterocycles. The van der Waals surface area contributed by atoms with Gasteiger partial charge < -0.3 is 0 Å². The summed E-state index contributed by atoms with van der Waals surface area (Å²) >= 11 is 9.87. The maximum atomic E-state index is 5.62. The zero-order chi connectivity index (χ0) is 7.98. The van der Waals surface area contributed by atoms with E-state index in [0.717, 1.165) is 10.6 Å². The fraction of sp³-hybridized carbons (Fsp3) is 0.143. The molecular weight excluding hydrogens is 265 g/mol. The molecule has 0 aliphatic carbocycles. The molecule has 0 bridgehead atoms. The Morgan fingerprint density at radius 1 is 1.60 bits per heavy atom. The van der Waals surface area contributed by atoms with Gasteiger partial charge in [0.05, 0.1) is 0 Å². The first-order valence-electron chi connectivity index (χ1n) is 2.69. The Labute approximate surface area is 83.0 Å². The van der Waals surface area contributed by atoms with Crippen molar-refractivity contribution < 1.29 is 16.3 Å². The number of rotatable bonds is 0. The molecule has 0 unspecified atom stereocenters. The first kappa shape index (κ1) is 10.6. The van der Waals surface area contributed by atoms with Crippen molar-refractivity contribution in [1.82, 2.24) is 0 Å². The van der Waals surface area contributed by atoms with E-state index in [4.69, 9.17) is 11.6 Å². The van der Waals surface area contributed by atoms with Crippen molar-refractivity contribution in [3.8, 4) is 0 Å². The first-order valence-corrected chi connectivity index (χ1v) is 10.0. The van der Waals surface area contributed by atoms with Gasteiger partial charge in [-0.25, -0.2) is 0 Å². The van der Waals surface area contributed by atoms with Crippen molar-refractivity contribution in [1.29, 1.82) is 0 Å². The van der Waals surface area contributed by atoms with Gasteiger partial charge in [0.15, 0.2) is 0 Å². The molecule has 50 valence electrons. The number of hydrogen-bond acceptors (Lipinski definition) is 0. The van der Waals surface area contributed by atoms with Crippen LogP contribution in [0.25, 0.3) is 0 Å². The van der Waals surface area contributed by atoms with Gasteiger partial charge in [0.2, 0.25) is 0 Å². The van der Waals surface area contributed by atoms with Crippen LogP contribution in [0.5, 0.6) is 0 Å². The third-order valence-corrected chi connectivity index (χ3v) is 1.14. The van der Waals surface area contributed by atoms with Gasteiger partial charge in [-0.15, -0.1) is 17.7 Å². The van der Waals surface area contributed by atoms with Crippen LogP contribution in [0.1, 0.15) is 5.56 Å². The molecule has 1 aromatic rings. The normalized spacial score (nSPS) is 8.10. The van der Waals surface area contributed by atoms with Crippen LogP contribution in [0.3, 0.4) is 0 Å². The number of aryl methyl sites for hydroxylation is 1. The average Bonchev–Trinajstić information content (AvgIpc) is 1.91. The summed E-state index contributed by atoms with van der Waals surface area (Å²) in [6, 6.07) is 8.50. The van der Waals surface area contributed by atoms with Crippen LogP contribution in [-0.2, 0) is 16.3 Å². The predicted octanol–water partition coefficient (Wildman–Crippen LogP) is 3.29. The van der Waals surface area contributed by atoms with E-state index in [2.05, 4.69) is 19.7 Å². The monoisotopic (exact) mass is 268 g/mol. The van der Waals surface area contributed by atoms with E-state index in [1.807, 2.05) is 25.1 Å². The number of halogens is 2. The van der Waals surface area contributed by atoms with Crippen LogP contribution in [0.15, 0.2) is 18.2 Å². The van der Waals surface area contributed by atoms with Crippen LogP contribution < -0.4 is 0 Å². The van der Waals surface area contributed by atoms with E-state index in [1.54, 1.807) is 0 Å². The Bertz CT molecular complexity index is 173. The van der Waals surface area contributed by atoms with Gasteiger partial charge >= 0.3 is 30.0 Å². The maximum absolute atomic E-state index is 5.62. The molecule has 0 nitrogen and oxygen atoms in total. The summed E-state index contributed by atoms with van der Waals surface area (Å²) in [6.07, 6.45) is 0. The molecule has 0 atom stereocenters. The SMILES string of the molecule is Cc1[c-]ccc(Cl)c1.[Zn+][Br]. The number of benzene rings is 1. The molecule has 1 aromatic carbocycles. The first-order chi connectivity index (χ1) is 4.79. The van der Waals surface area contributed by atoms with Crippen LogP contribution in [0.2, 0.25) is 5.02 Å². The topological polar surface area (TPSA) is 0 Å². The van der Waals surface area contributed by atoms with Gasteiger partial charge in [0.1, 0.15) is 0 Å². The summed E-state index contributed by atoms with van der Waals surface area (Å²) in [5.74, 6) is 0. The summed E-state index contributed by atoms with van der Waals surface area (Å²) in [5.41, 5.74) is 1.08. The van der Waals surface area contributed by atoms with E-state index in [-0.39, 0.29) is 0 Å². The van der Waals surface area contributed by atoms with E-state index >= 15 is 0 Å². The van der Waals surface area contributed by atoms with Gasteiger partial charge in [0, 0.05) is 0 Å². The molecule has 0 heterocycles. The third-order valence-electron chi connectivity index (χ3n) is 0.908. The van der Waals surface area contributed by atoms with Crippen LogP contribution in [-0.4, -0.2) is 0 Å². The molecule has 0 spiro atoms. The van der Waals surface area contributed by atoms with Crippen LogP contribution in [0.4, 0.5) is 0 Å². The van der Waals surface area contributed by atoms with Gasteiger partial charge in [0.25, 0.3) is 0 Å². The van der Waals surface area contributed by atoms with Crippen molar-refractivity contribution >= 4 is 25.2 Å². The Morgan fingerprint density at radius 2 is 2.20 bits per heavy atom.